The van der Waals surface area contributed by atoms with Gasteiger partial charge in [0.15, 0.2) is 0 Å². The van der Waals surface area contributed by atoms with Gasteiger partial charge in [0.05, 0.1) is 11.2 Å². The molecule has 9 heteroatoms. The number of alkyl halides is 3. The van der Waals surface area contributed by atoms with E-state index in [1.807, 2.05) is 0 Å². The molecule has 0 unspecified atom stereocenters. The highest BCUT2D eigenvalue weighted by Gasteiger charge is 2.34. The maximum Gasteiger partial charge on any atom is 0.505 e. The second kappa shape index (κ2) is 7.03. The van der Waals surface area contributed by atoms with Crippen LogP contribution in [0.25, 0.3) is 17.0 Å². The number of carbonyl (C=O) groups is 1. The molecule has 0 radical (unpaired) electrons. The fraction of sp³-hybridized carbons (Fsp3) is 0.111. The van der Waals surface area contributed by atoms with Crippen LogP contribution in [0.4, 0.5) is 17.6 Å². The molecule has 1 aromatic heterocycles. The molecule has 0 spiro atoms. The van der Waals surface area contributed by atoms with Crippen molar-refractivity contribution in [3.63, 3.8) is 0 Å². The van der Waals surface area contributed by atoms with Crippen molar-refractivity contribution in [1.82, 2.24) is 9.78 Å². The Morgan fingerprint density at radius 3 is 2.59 bits per heavy atom. The lowest BCUT2D eigenvalue weighted by Crippen LogP contribution is -2.18. The first-order valence-corrected chi connectivity index (χ1v) is 7.97. The first kappa shape index (κ1) is 18.9. The van der Waals surface area contributed by atoms with Gasteiger partial charge in [-0.1, -0.05) is 29.8 Å². The second-order valence-electron chi connectivity index (χ2n) is 5.66. The molecule has 3 rings (SSSR count). The van der Waals surface area contributed by atoms with E-state index in [4.69, 9.17) is 16.7 Å². The van der Waals surface area contributed by atoms with Gasteiger partial charge in [-0.3, -0.25) is 0 Å². The van der Waals surface area contributed by atoms with Crippen LogP contribution in [0.5, 0.6) is 0 Å². The fourth-order valence-electron chi connectivity index (χ4n) is 2.75. The van der Waals surface area contributed by atoms with Crippen LogP contribution < -0.4 is 0 Å². The number of benzene rings is 2. The monoisotopic (exact) mass is 398 g/mol. The third kappa shape index (κ3) is 3.95. The molecular weight excluding hydrogens is 388 g/mol. The van der Waals surface area contributed by atoms with Crippen molar-refractivity contribution in [3.05, 3.63) is 70.1 Å². The van der Waals surface area contributed by atoms with E-state index in [-0.39, 0.29) is 38.3 Å². The van der Waals surface area contributed by atoms with Crippen LogP contribution in [-0.4, -0.2) is 20.9 Å². The van der Waals surface area contributed by atoms with Crippen LogP contribution in [0, 0.1) is 5.82 Å². The van der Waals surface area contributed by atoms with Gasteiger partial charge in [0, 0.05) is 22.9 Å². The summed E-state index contributed by atoms with van der Waals surface area (Å²) >= 11 is 5.72. The lowest BCUT2D eigenvalue weighted by Gasteiger charge is -2.09. The van der Waals surface area contributed by atoms with Gasteiger partial charge in [-0.25, -0.2) is 9.18 Å². The molecule has 0 fully saturated rings. The number of rotatable bonds is 4. The van der Waals surface area contributed by atoms with Crippen molar-refractivity contribution in [1.29, 1.82) is 0 Å². The lowest BCUT2D eigenvalue weighted by atomic mass is 9.99. The van der Waals surface area contributed by atoms with E-state index in [0.29, 0.717) is 11.6 Å². The van der Waals surface area contributed by atoms with Crippen LogP contribution >= 0.6 is 11.6 Å². The van der Waals surface area contributed by atoms with Crippen molar-refractivity contribution in [3.8, 4) is 0 Å². The number of halogens is 5. The van der Waals surface area contributed by atoms with Crippen molar-refractivity contribution in [2.75, 3.05) is 0 Å². The van der Waals surface area contributed by atoms with Crippen LogP contribution in [0.15, 0.2) is 42.5 Å². The Hall–Kier alpha value is -2.87. The topological polar surface area (TPSA) is 55.1 Å². The Balaban J connectivity index is 2.21. The van der Waals surface area contributed by atoms with Gasteiger partial charge in [0.1, 0.15) is 5.82 Å². The van der Waals surface area contributed by atoms with E-state index in [9.17, 15) is 22.4 Å². The van der Waals surface area contributed by atoms with E-state index in [0.717, 1.165) is 12.1 Å². The zero-order chi connectivity index (χ0) is 19.8. The van der Waals surface area contributed by atoms with Crippen LogP contribution in [0.1, 0.15) is 16.8 Å². The minimum absolute atomic E-state index is 0.0161. The summed E-state index contributed by atoms with van der Waals surface area (Å²) in [5.74, 6) is -1.92. The van der Waals surface area contributed by atoms with Crippen LogP contribution in [0.2, 0.25) is 5.02 Å². The van der Waals surface area contributed by atoms with Gasteiger partial charge in [-0.15, -0.1) is 13.2 Å². The van der Waals surface area contributed by atoms with Crippen molar-refractivity contribution < 1.29 is 27.5 Å². The maximum absolute atomic E-state index is 14.1. The number of nitrogens with zero attached hydrogens (tertiary/aromatic N) is 2. The highest BCUT2D eigenvalue weighted by atomic mass is 35.5. The Kier molecular flexibility index (Phi) is 4.93. The largest absolute Gasteiger partial charge is 0.505 e. The Morgan fingerprint density at radius 1 is 1.22 bits per heavy atom. The van der Waals surface area contributed by atoms with Gasteiger partial charge in [-0.2, -0.15) is 9.78 Å². The summed E-state index contributed by atoms with van der Waals surface area (Å²) in [6, 6.07) is 8.19. The molecule has 140 valence electrons. The molecule has 0 bridgehead atoms. The van der Waals surface area contributed by atoms with Gasteiger partial charge < -0.3 is 5.11 Å². The highest BCUT2D eigenvalue weighted by molar-refractivity contribution is 6.30. The minimum Gasteiger partial charge on any atom is -0.478 e. The summed E-state index contributed by atoms with van der Waals surface area (Å²) in [5.41, 5.74) is 0.184. The summed E-state index contributed by atoms with van der Waals surface area (Å²) in [5, 5.41) is 12.6. The zero-order valence-corrected chi connectivity index (χ0v) is 14.2. The molecule has 0 atom stereocenters. The smallest absolute Gasteiger partial charge is 0.478 e. The zero-order valence-electron chi connectivity index (χ0n) is 13.5. The molecule has 0 amide bonds. The number of aliphatic carboxylic acids is 1. The fourth-order valence-corrected chi connectivity index (χ4v) is 2.91. The minimum atomic E-state index is -4.79. The number of hydrogen-bond donors (Lipinski definition) is 1. The van der Waals surface area contributed by atoms with E-state index in [1.54, 1.807) is 0 Å². The molecule has 2 aromatic carbocycles. The third-order valence-electron chi connectivity index (χ3n) is 3.84. The summed E-state index contributed by atoms with van der Waals surface area (Å²) in [6.07, 6.45) is -3.13. The van der Waals surface area contributed by atoms with E-state index >= 15 is 0 Å². The predicted molar refractivity (Wildman–Crippen MR) is 91.9 cm³/mol. The number of aromatic nitrogens is 2. The normalized spacial score (nSPS) is 12.2. The Morgan fingerprint density at radius 2 is 1.96 bits per heavy atom. The third-order valence-corrected chi connectivity index (χ3v) is 4.08. The number of fused-ring (bicyclic) bond motifs is 1. The molecular formula is C18H11ClF4N2O2. The first-order chi connectivity index (χ1) is 12.7. The first-order valence-electron chi connectivity index (χ1n) is 7.59. The molecule has 1 N–H and O–H groups in total. The molecule has 0 aliphatic carbocycles. The molecule has 27 heavy (non-hydrogen) atoms. The quantitative estimate of drug-likeness (QED) is 0.497. The van der Waals surface area contributed by atoms with Crippen LogP contribution in [0.3, 0.4) is 0 Å². The molecule has 0 aliphatic rings. The van der Waals surface area contributed by atoms with Gasteiger partial charge in [0.25, 0.3) is 0 Å². The molecule has 0 aliphatic heterocycles. The van der Waals surface area contributed by atoms with Crippen LogP contribution in [-0.2, 0) is 17.5 Å². The predicted octanol–water partition coefficient (Wildman–Crippen LogP) is 4.99. The standard InChI is InChI=1S/C18H11ClF4N2O2/c19-12-5-4-10(13(20)9-12)8-11-2-1-3-15-17(11)14(6-7-16(26)27)24-25(15)18(21,22)23/h1-7,9H,8H2,(H,26,27)/b7-6+. The average molecular weight is 399 g/mol. The van der Waals surface area contributed by atoms with Crippen molar-refractivity contribution in [2.24, 2.45) is 0 Å². The second-order valence-corrected chi connectivity index (χ2v) is 6.10. The number of carboxylic acids is 1. The molecule has 0 saturated heterocycles. The summed E-state index contributed by atoms with van der Waals surface area (Å²) in [4.78, 5) is 10.8. The molecule has 0 saturated carbocycles. The van der Waals surface area contributed by atoms with E-state index in [2.05, 4.69) is 5.10 Å². The summed E-state index contributed by atoms with van der Waals surface area (Å²) in [6.45, 7) is 0. The highest BCUT2D eigenvalue weighted by Crippen LogP contribution is 2.32. The molecule has 3 aromatic rings. The van der Waals surface area contributed by atoms with Crippen molar-refractivity contribution >= 4 is 34.5 Å². The Labute approximate surface area is 155 Å². The van der Waals surface area contributed by atoms with E-state index < -0.39 is 18.1 Å². The lowest BCUT2D eigenvalue weighted by molar-refractivity contribution is -0.209. The number of hydrogen-bond acceptors (Lipinski definition) is 2. The molecule has 1 heterocycles. The summed E-state index contributed by atoms with van der Waals surface area (Å²) in [7, 11) is 0. The SMILES string of the molecule is O=C(O)/C=C/c1nn(C(F)(F)F)c2cccc(Cc3ccc(Cl)cc3F)c12. The summed E-state index contributed by atoms with van der Waals surface area (Å²) < 4.78 is 53.8. The van der Waals surface area contributed by atoms with E-state index in [1.165, 1.54) is 30.3 Å². The van der Waals surface area contributed by atoms with Crippen molar-refractivity contribution in [2.45, 2.75) is 12.7 Å². The van der Waals surface area contributed by atoms with Gasteiger partial charge >= 0.3 is 12.3 Å². The average Bonchev–Trinajstić information content (AvgIpc) is 2.95. The maximum atomic E-state index is 14.1. The Bertz CT molecular complexity index is 1060. The van der Waals surface area contributed by atoms with Gasteiger partial charge in [0.2, 0.25) is 0 Å². The number of carboxylic acid groups (broad SMARTS) is 1. The molecule has 4 nitrogen and oxygen atoms in total. The van der Waals surface area contributed by atoms with Gasteiger partial charge in [-0.05, 0) is 35.4 Å².